The van der Waals surface area contributed by atoms with E-state index in [9.17, 15) is 5.11 Å². The molecule has 2 unspecified atom stereocenters. The monoisotopic (exact) mass is 286 g/mol. The predicted octanol–water partition coefficient (Wildman–Crippen LogP) is 1.87. The van der Waals surface area contributed by atoms with Crippen LogP contribution in [-0.2, 0) is 4.74 Å². The molecule has 4 heteroatoms. The smallest absolute Gasteiger partial charge is 0.0940 e. The molecule has 1 saturated heterocycles. The Morgan fingerprint density at radius 1 is 1.40 bits per heavy atom. The van der Waals surface area contributed by atoms with E-state index in [0.29, 0.717) is 0 Å². The van der Waals surface area contributed by atoms with Crippen LogP contribution in [0.15, 0.2) is 0 Å². The summed E-state index contributed by atoms with van der Waals surface area (Å²) in [5.41, 5.74) is 0.120. The lowest BCUT2D eigenvalue weighted by Gasteiger charge is -2.45. The van der Waals surface area contributed by atoms with E-state index in [4.69, 9.17) is 4.74 Å². The van der Waals surface area contributed by atoms with Crippen molar-refractivity contribution in [1.82, 2.24) is 10.2 Å². The molecule has 0 aromatic heterocycles. The summed E-state index contributed by atoms with van der Waals surface area (Å²) >= 11 is 0. The first-order chi connectivity index (χ1) is 9.34. The van der Waals surface area contributed by atoms with Crippen LogP contribution in [0.4, 0.5) is 0 Å². The van der Waals surface area contributed by atoms with E-state index in [-0.39, 0.29) is 23.7 Å². The summed E-state index contributed by atoms with van der Waals surface area (Å²) in [7, 11) is 0. The molecule has 0 saturated carbocycles. The van der Waals surface area contributed by atoms with Crippen molar-refractivity contribution in [3.63, 3.8) is 0 Å². The Morgan fingerprint density at radius 2 is 2.10 bits per heavy atom. The molecule has 20 heavy (non-hydrogen) atoms. The highest BCUT2D eigenvalue weighted by atomic mass is 16.5. The van der Waals surface area contributed by atoms with Gasteiger partial charge in [0.25, 0.3) is 0 Å². The van der Waals surface area contributed by atoms with Gasteiger partial charge in [0, 0.05) is 26.2 Å². The maximum atomic E-state index is 9.42. The Labute approximate surface area is 124 Å². The number of aliphatic hydroxyl groups excluding tert-OH is 1. The standard InChI is InChI=1S/C16H34N2O2/c1-6-8-16(5,11-17-7-2)13-18-9-14(10-19)20-15(3,4)12-18/h14,17,19H,6-13H2,1-5H3. The van der Waals surface area contributed by atoms with Gasteiger partial charge in [0.05, 0.1) is 18.3 Å². The SMILES string of the molecule is CCCC(C)(CNCC)CN1CC(CO)OC(C)(C)C1. The van der Waals surface area contributed by atoms with Crippen LogP contribution in [0.1, 0.15) is 47.5 Å². The predicted molar refractivity (Wildman–Crippen MR) is 84.0 cm³/mol. The third-order valence-electron chi connectivity index (χ3n) is 4.02. The molecular weight excluding hydrogens is 252 g/mol. The van der Waals surface area contributed by atoms with Gasteiger partial charge in [-0.05, 0) is 32.2 Å². The van der Waals surface area contributed by atoms with E-state index in [1.54, 1.807) is 0 Å². The number of morpholine rings is 1. The lowest BCUT2D eigenvalue weighted by molar-refractivity contribution is -0.153. The number of aliphatic hydroxyl groups is 1. The van der Waals surface area contributed by atoms with Crippen molar-refractivity contribution in [2.45, 2.75) is 59.2 Å². The molecule has 120 valence electrons. The highest BCUT2D eigenvalue weighted by molar-refractivity contribution is 4.88. The van der Waals surface area contributed by atoms with Crippen LogP contribution < -0.4 is 5.32 Å². The first-order valence-electron chi connectivity index (χ1n) is 8.06. The van der Waals surface area contributed by atoms with Gasteiger partial charge in [0.1, 0.15) is 0 Å². The minimum atomic E-state index is -0.170. The third kappa shape index (κ3) is 5.68. The number of hydrogen-bond acceptors (Lipinski definition) is 4. The number of hydrogen-bond donors (Lipinski definition) is 2. The zero-order valence-electron chi connectivity index (χ0n) is 14.0. The summed E-state index contributed by atoms with van der Waals surface area (Å²) in [4.78, 5) is 2.47. The number of rotatable bonds is 8. The van der Waals surface area contributed by atoms with E-state index >= 15 is 0 Å². The van der Waals surface area contributed by atoms with Gasteiger partial charge in [-0.2, -0.15) is 0 Å². The second-order valence-electron chi connectivity index (χ2n) is 7.19. The molecule has 0 spiro atoms. The van der Waals surface area contributed by atoms with Crippen molar-refractivity contribution < 1.29 is 9.84 Å². The largest absolute Gasteiger partial charge is 0.394 e. The van der Waals surface area contributed by atoms with E-state index < -0.39 is 0 Å². The number of ether oxygens (including phenoxy) is 1. The maximum Gasteiger partial charge on any atom is 0.0940 e. The van der Waals surface area contributed by atoms with Crippen LogP contribution >= 0.6 is 0 Å². The first-order valence-corrected chi connectivity index (χ1v) is 8.06. The molecule has 0 aliphatic carbocycles. The lowest BCUT2D eigenvalue weighted by atomic mass is 9.84. The number of nitrogens with one attached hydrogen (secondary N) is 1. The zero-order valence-corrected chi connectivity index (χ0v) is 14.0. The molecule has 1 rings (SSSR count). The first kappa shape index (κ1) is 17.9. The van der Waals surface area contributed by atoms with Crippen molar-refractivity contribution in [3.8, 4) is 0 Å². The summed E-state index contributed by atoms with van der Waals surface area (Å²) in [6.07, 6.45) is 2.38. The van der Waals surface area contributed by atoms with Gasteiger partial charge < -0.3 is 15.2 Å². The molecule has 0 aromatic rings. The maximum absolute atomic E-state index is 9.42. The Morgan fingerprint density at radius 3 is 2.65 bits per heavy atom. The third-order valence-corrected chi connectivity index (χ3v) is 4.02. The average molecular weight is 286 g/mol. The van der Waals surface area contributed by atoms with Gasteiger partial charge in [-0.25, -0.2) is 0 Å². The zero-order chi connectivity index (χ0) is 15.2. The fraction of sp³-hybridized carbons (Fsp3) is 1.00. The van der Waals surface area contributed by atoms with Gasteiger partial charge >= 0.3 is 0 Å². The summed E-state index contributed by atoms with van der Waals surface area (Å²) in [5.74, 6) is 0. The van der Waals surface area contributed by atoms with Crippen molar-refractivity contribution in [2.24, 2.45) is 5.41 Å². The molecule has 0 bridgehead atoms. The fourth-order valence-electron chi connectivity index (χ4n) is 3.43. The Bertz CT molecular complexity index is 284. The van der Waals surface area contributed by atoms with Crippen molar-refractivity contribution in [1.29, 1.82) is 0 Å². The highest BCUT2D eigenvalue weighted by Gasteiger charge is 2.36. The highest BCUT2D eigenvalue weighted by Crippen LogP contribution is 2.28. The molecule has 1 heterocycles. The van der Waals surface area contributed by atoms with Crippen molar-refractivity contribution >= 4 is 0 Å². The Hall–Kier alpha value is -0.160. The molecule has 1 aliphatic rings. The molecule has 0 aromatic carbocycles. The van der Waals surface area contributed by atoms with Crippen LogP contribution in [0.25, 0.3) is 0 Å². The normalized spacial score (nSPS) is 26.4. The second-order valence-corrected chi connectivity index (χ2v) is 7.19. The molecule has 4 nitrogen and oxygen atoms in total. The molecule has 0 amide bonds. The minimum Gasteiger partial charge on any atom is -0.394 e. The molecule has 1 aliphatic heterocycles. The van der Waals surface area contributed by atoms with Crippen LogP contribution in [-0.4, -0.2) is 61.0 Å². The number of nitrogens with zero attached hydrogens (tertiary/aromatic N) is 1. The summed E-state index contributed by atoms with van der Waals surface area (Å²) in [6.45, 7) is 16.0. The lowest BCUT2D eigenvalue weighted by Crippen LogP contribution is -2.56. The Balaban J connectivity index is 2.66. The molecular formula is C16H34N2O2. The summed E-state index contributed by atoms with van der Waals surface area (Å²) in [6, 6.07) is 0. The van der Waals surface area contributed by atoms with E-state index in [1.807, 2.05) is 0 Å². The molecule has 2 atom stereocenters. The summed E-state index contributed by atoms with van der Waals surface area (Å²) < 4.78 is 5.90. The van der Waals surface area contributed by atoms with E-state index in [1.165, 1.54) is 12.8 Å². The molecule has 1 fully saturated rings. The molecule has 0 radical (unpaired) electrons. The second kappa shape index (κ2) is 7.74. The average Bonchev–Trinajstić information content (AvgIpc) is 2.34. The van der Waals surface area contributed by atoms with Crippen LogP contribution in [0, 0.1) is 5.41 Å². The van der Waals surface area contributed by atoms with Crippen LogP contribution in [0.2, 0.25) is 0 Å². The van der Waals surface area contributed by atoms with Gasteiger partial charge in [-0.3, -0.25) is 4.90 Å². The molecule has 2 N–H and O–H groups in total. The van der Waals surface area contributed by atoms with Gasteiger partial charge in [0.2, 0.25) is 0 Å². The summed E-state index contributed by atoms with van der Waals surface area (Å²) in [5, 5.41) is 12.9. The van der Waals surface area contributed by atoms with E-state index in [2.05, 4.69) is 44.8 Å². The van der Waals surface area contributed by atoms with Crippen LogP contribution in [0.5, 0.6) is 0 Å². The van der Waals surface area contributed by atoms with Gasteiger partial charge in [-0.1, -0.05) is 27.2 Å². The van der Waals surface area contributed by atoms with Crippen molar-refractivity contribution in [2.75, 3.05) is 39.3 Å². The van der Waals surface area contributed by atoms with E-state index in [0.717, 1.165) is 32.7 Å². The van der Waals surface area contributed by atoms with Gasteiger partial charge in [-0.15, -0.1) is 0 Å². The quantitative estimate of drug-likeness (QED) is 0.715. The van der Waals surface area contributed by atoms with Crippen LogP contribution in [0.3, 0.4) is 0 Å². The topological polar surface area (TPSA) is 44.7 Å². The minimum absolute atomic E-state index is 0.0521. The fourth-order valence-corrected chi connectivity index (χ4v) is 3.43. The van der Waals surface area contributed by atoms with Gasteiger partial charge in [0.15, 0.2) is 0 Å². The van der Waals surface area contributed by atoms with Crippen molar-refractivity contribution in [3.05, 3.63) is 0 Å². The Kier molecular flexibility index (Phi) is 6.92.